The number of rotatable bonds is 10. The fraction of sp³-hybridized carbons (Fsp3) is 0.447. The van der Waals surface area contributed by atoms with E-state index < -0.39 is 31.8 Å². The second-order valence-corrected chi connectivity index (χ2v) is 19.5. The summed E-state index contributed by atoms with van der Waals surface area (Å²) in [4.78, 5) is 44.5. The fourth-order valence-electron chi connectivity index (χ4n) is 8.41. The minimum atomic E-state index is -2.48. The van der Waals surface area contributed by atoms with Gasteiger partial charge in [-0.15, -0.1) is 0 Å². The molecule has 6 rings (SSSR count). The molecule has 10 nitrogen and oxygen atoms in total. The molecule has 3 N–H and O–H groups in total. The average molecular weight is 720 g/mol. The molecule has 266 valence electrons. The fourth-order valence-corrected chi connectivity index (χ4v) is 12.6. The van der Waals surface area contributed by atoms with Gasteiger partial charge in [0.05, 0.1) is 52.6 Å². The van der Waals surface area contributed by atoms with Crippen LogP contribution in [-0.4, -0.2) is 79.4 Å². The number of hydrogen-bond donors (Lipinski definition) is 3. The number of carbonyl (C=O) groups excluding carboxylic acids is 3. The lowest BCUT2D eigenvalue weighted by atomic mass is 9.82. The number of aliphatic hydroxyl groups excluding tert-OH is 2. The van der Waals surface area contributed by atoms with Crippen LogP contribution in [0.2, 0.25) is 23.7 Å². The van der Waals surface area contributed by atoms with E-state index >= 15 is 4.79 Å². The third kappa shape index (κ3) is 6.34. The van der Waals surface area contributed by atoms with Crippen LogP contribution >= 0.6 is 11.6 Å². The number of carbonyl (C=O) groups is 3. The summed E-state index contributed by atoms with van der Waals surface area (Å²) in [5.74, 6) is -0.346. The Labute approximate surface area is 299 Å². The topological polar surface area (TPSA) is 129 Å². The van der Waals surface area contributed by atoms with Gasteiger partial charge in [-0.1, -0.05) is 61.1 Å². The summed E-state index contributed by atoms with van der Waals surface area (Å²) in [6.45, 7) is 8.78. The smallest absolute Gasteiger partial charge is 0.264 e. The largest absolute Gasteiger partial charge is 0.497 e. The predicted octanol–water partition coefficient (Wildman–Crippen LogP) is 4.80. The van der Waals surface area contributed by atoms with Gasteiger partial charge in [0.1, 0.15) is 11.9 Å². The molecule has 0 aromatic heterocycles. The van der Waals surface area contributed by atoms with E-state index in [-0.39, 0.29) is 48.9 Å². The van der Waals surface area contributed by atoms with Crippen molar-refractivity contribution >= 4 is 54.0 Å². The van der Waals surface area contributed by atoms with Crippen molar-refractivity contribution in [2.45, 2.75) is 82.1 Å². The number of methoxy groups -OCH3 is 1. The van der Waals surface area contributed by atoms with Crippen molar-refractivity contribution in [3.05, 3.63) is 82.9 Å². The van der Waals surface area contributed by atoms with Gasteiger partial charge >= 0.3 is 0 Å². The Hall–Kier alpha value is -3.74. The molecule has 3 aliphatic rings. The lowest BCUT2D eigenvalue weighted by Gasteiger charge is -2.37. The lowest BCUT2D eigenvalue weighted by Crippen LogP contribution is -2.52. The first-order valence-corrected chi connectivity index (χ1v) is 20.7. The Bertz CT molecular complexity index is 1750. The molecule has 0 aliphatic carbocycles. The number of nitrogens with one attached hydrogen (secondary N) is 1. The molecule has 2 fully saturated rings. The average Bonchev–Trinajstić information content (AvgIpc) is 3.76. The second-order valence-electron chi connectivity index (χ2n) is 14.3. The molecule has 6 atom stereocenters. The van der Waals surface area contributed by atoms with Crippen LogP contribution in [0, 0.1) is 5.92 Å². The molecule has 3 aromatic rings. The van der Waals surface area contributed by atoms with Crippen molar-refractivity contribution in [1.82, 2.24) is 4.90 Å². The van der Waals surface area contributed by atoms with E-state index in [4.69, 9.17) is 21.1 Å². The normalized spacial score (nSPS) is 25.2. The van der Waals surface area contributed by atoms with Crippen molar-refractivity contribution in [2.24, 2.45) is 5.92 Å². The lowest BCUT2D eigenvalue weighted by molar-refractivity contribution is -0.150. The van der Waals surface area contributed by atoms with Crippen molar-refractivity contribution in [1.29, 1.82) is 0 Å². The summed E-state index contributed by atoms with van der Waals surface area (Å²) in [6.07, 6.45) is -0.00353. The summed E-state index contributed by atoms with van der Waals surface area (Å²) in [5.41, 5.74) is 1.25. The van der Waals surface area contributed by atoms with E-state index in [1.165, 1.54) is 12.1 Å². The summed E-state index contributed by atoms with van der Waals surface area (Å²) < 4.78 is 12.6. The standard InChI is InChI=1S/C38H46ClN3O7Si/c1-23-35(50(4,5)30-15-13-29(48-3)14-16-30)33(20-34(45)41-18-6-7-28(41)22-43)49-38(23)31-19-26(39)10-17-32(31)42(37(38)47)21-25-8-11-27(12-9-25)40-36(46)24(2)44/h8-17,19,23-24,28,33,35,43-44H,6-7,18,20-22H2,1-5H3,(H,40,46)/t23-,24+,28+,33+,35-,38+/m1/s1. The maximum Gasteiger partial charge on any atom is 0.264 e. The summed E-state index contributed by atoms with van der Waals surface area (Å²) in [5, 5.41) is 23.9. The first kappa shape index (κ1) is 36.1. The van der Waals surface area contributed by atoms with E-state index in [0.29, 0.717) is 28.5 Å². The molecule has 3 aromatic carbocycles. The van der Waals surface area contributed by atoms with Crippen molar-refractivity contribution in [2.75, 3.05) is 30.5 Å². The molecule has 0 radical (unpaired) electrons. The van der Waals surface area contributed by atoms with E-state index in [0.717, 1.165) is 24.2 Å². The van der Waals surface area contributed by atoms with Crippen LogP contribution in [-0.2, 0) is 31.3 Å². The number of halogens is 1. The Morgan fingerprint density at radius 2 is 1.82 bits per heavy atom. The van der Waals surface area contributed by atoms with Gasteiger partial charge in [0, 0.05) is 28.7 Å². The Morgan fingerprint density at radius 1 is 1.12 bits per heavy atom. The van der Waals surface area contributed by atoms with Gasteiger partial charge in [-0.25, -0.2) is 0 Å². The zero-order chi connectivity index (χ0) is 36.0. The number of benzene rings is 3. The Balaban J connectivity index is 1.38. The highest BCUT2D eigenvalue weighted by atomic mass is 35.5. The quantitative estimate of drug-likeness (QED) is 0.257. The van der Waals surface area contributed by atoms with E-state index in [1.54, 1.807) is 35.1 Å². The highest BCUT2D eigenvalue weighted by Crippen LogP contribution is 2.60. The van der Waals surface area contributed by atoms with Crippen molar-refractivity contribution in [3.8, 4) is 5.75 Å². The molecule has 0 unspecified atom stereocenters. The Morgan fingerprint density at radius 3 is 2.46 bits per heavy atom. The van der Waals surface area contributed by atoms with E-state index in [2.05, 4.69) is 37.5 Å². The molecule has 3 aliphatic heterocycles. The number of amides is 3. The van der Waals surface area contributed by atoms with Crippen LogP contribution in [0.4, 0.5) is 11.4 Å². The molecular weight excluding hydrogens is 674 g/mol. The number of aliphatic hydroxyl groups is 2. The third-order valence-corrected chi connectivity index (χ3v) is 15.6. The Kier molecular flexibility index (Phi) is 10.2. The number of fused-ring (bicyclic) bond motifs is 2. The first-order valence-electron chi connectivity index (χ1n) is 17.2. The molecule has 3 heterocycles. The van der Waals surface area contributed by atoms with Gasteiger partial charge in [0.25, 0.3) is 11.8 Å². The maximum absolute atomic E-state index is 15.0. The minimum Gasteiger partial charge on any atom is -0.497 e. The van der Waals surface area contributed by atoms with Crippen LogP contribution in [0.25, 0.3) is 0 Å². The van der Waals surface area contributed by atoms with Crippen molar-refractivity contribution < 1.29 is 34.1 Å². The minimum absolute atomic E-state index is 0.0725. The van der Waals surface area contributed by atoms with Crippen LogP contribution in [0.15, 0.2) is 66.7 Å². The zero-order valence-corrected chi connectivity index (χ0v) is 30.9. The number of nitrogens with zero attached hydrogens (tertiary/aromatic N) is 2. The SMILES string of the molecule is COc1ccc([Si](C)(C)[C@H]2[C@H](CC(=O)N3CCC[C@H]3CO)O[C@@]3(C(=O)N(Cc4ccc(NC(=O)[C@H](C)O)cc4)c4ccc(Cl)cc43)[C@@H]2C)cc1. The first-order chi connectivity index (χ1) is 23.8. The summed E-state index contributed by atoms with van der Waals surface area (Å²) in [6, 6.07) is 20.5. The maximum atomic E-state index is 15.0. The monoisotopic (exact) mass is 719 g/mol. The summed E-state index contributed by atoms with van der Waals surface area (Å²) in [7, 11) is -0.842. The predicted molar refractivity (Wildman–Crippen MR) is 195 cm³/mol. The van der Waals surface area contributed by atoms with Crippen LogP contribution in [0.5, 0.6) is 5.75 Å². The van der Waals surface area contributed by atoms with Gasteiger partial charge in [0.2, 0.25) is 5.91 Å². The third-order valence-electron chi connectivity index (χ3n) is 11.0. The zero-order valence-electron chi connectivity index (χ0n) is 29.2. The van der Waals surface area contributed by atoms with Crippen LogP contribution in [0.1, 0.15) is 44.2 Å². The van der Waals surface area contributed by atoms with E-state index in [9.17, 15) is 19.8 Å². The van der Waals surface area contributed by atoms with Gasteiger partial charge in [-0.3, -0.25) is 14.4 Å². The molecule has 1 spiro atoms. The number of likely N-dealkylation sites (tertiary alicyclic amines) is 1. The molecule has 3 amide bonds. The number of anilines is 2. The van der Waals surface area contributed by atoms with E-state index in [1.807, 2.05) is 36.4 Å². The molecule has 0 bridgehead atoms. The molecule has 0 saturated carbocycles. The number of hydrogen-bond acceptors (Lipinski definition) is 7. The van der Waals surface area contributed by atoms with Gasteiger partial charge < -0.3 is 34.8 Å². The van der Waals surface area contributed by atoms with Gasteiger partial charge in [-0.05, 0) is 73.3 Å². The molecule has 2 saturated heterocycles. The van der Waals surface area contributed by atoms with Crippen LogP contribution in [0.3, 0.4) is 0 Å². The van der Waals surface area contributed by atoms with Gasteiger partial charge in [-0.2, -0.15) is 0 Å². The van der Waals surface area contributed by atoms with Crippen molar-refractivity contribution in [3.63, 3.8) is 0 Å². The summed E-state index contributed by atoms with van der Waals surface area (Å²) >= 11 is 6.63. The number of ether oxygens (including phenoxy) is 2. The van der Waals surface area contributed by atoms with Gasteiger partial charge in [0.15, 0.2) is 5.60 Å². The molecule has 50 heavy (non-hydrogen) atoms. The molecular formula is C38H46ClN3O7Si. The highest BCUT2D eigenvalue weighted by Gasteiger charge is 2.66. The van der Waals surface area contributed by atoms with Crippen LogP contribution < -0.4 is 20.1 Å². The second kappa shape index (κ2) is 14.1. The highest BCUT2D eigenvalue weighted by molar-refractivity contribution is 6.91. The molecule has 12 heteroatoms.